The third-order valence-corrected chi connectivity index (χ3v) is 6.79. The number of carbonyl (C=O) groups excluding carboxylic acids is 3. The number of halogens is 2. The molecular formula is C28H30ClFN4O3. The van der Waals surface area contributed by atoms with E-state index in [0.717, 1.165) is 11.6 Å². The maximum atomic E-state index is 14.2. The number of amides is 3. The topological polar surface area (TPSA) is 102 Å². The first-order chi connectivity index (χ1) is 17.8. The average Bonchev–Trinajstić information content (AvgIpc) is 3.49. The number of benzene rings is 1. The van der Waals surface area contributed by atoms with E-state index in [1.807, 2.05) is 25.2 Å². The minimum Gasteiger partial charge on any atom is -0.356 e. The van der Waals surface area contributed by atoms with Crippen LogP contribution in [0.25, 0.3) is 6.08 Å². The second-order valence-corrected chi connectivity index (χ2v) is 9.48. The molecule has 0 radical (unpaired) electrons. The molecule has 3 amide bonds. The first-order valence-electron chi connectivity index (χ1n) is 12.1. The number of allylic oxidation sites excluding steroid dienone is 4. The van der Waals surface area contributed by atoms with Crippen LogP contribution in [0.3, 0.4) is 0 Å². The van der Waals surface area contributed by atoms with Gasteiger partial charge in [0.1, 0.15) is 17.9 Å². The van der Waals surface area contributed by atoms with Gasteiger partial charge >= 0.3 is 0 Å². The van der Waals surface area contributed by atoms with E-state index in [0.29, 0.717) is 19.4 Å². The summed E-state index contributed by atoms with van der Waals surface area (Å²) < 4.78 is 14.2. The quantitative estimate of drug-likeness (QED) is 0.377. The van der Waals surface area contributed by atoms with E-state index in [4.69, 9.17) is 11.6 Å². The lowest BCUT2D eigenvalue weighted by molar-refractivity contribution is -0.135. The van der Waals surface area contributed by atoms with Crippen molar-refractivity contribution in [3.63, 3.8) is 0 Å². The van der Waals surface area contributed by atoms with E-state index in [1.165, 1.54) is 29.2 Å². The molecule has 2 saturated heterocycles. The molecule has 2 fully saturated rings. The molecule has 0 aromatic heterocycles. The zero-order chi connectivity index (χ0) is 26.9. The Bertz CT molecular complexity index is 1190. The standard InChI is InChI=1S/C28H30ClFN4O3/c1-3-5-18(6-4-2)21-14-25(28(37)33-23(16-31)13-20-11-12-32-27(20)36)34(17-21)26(35)10-8-19-7-9-22(29)15-24(19)30/h3-10,15,20-21,23,25H,1,11-14,17H2,2H3,(H,32,36)(H,33,37)/b6-4-,10-8+,18-5+. The van der Waals surface area contributed by atoms with Crippen molar-refractivity contribution in [1.82, 2.24) is 15.5 Å². The number of nitrogens with zero attached hydrogens (tertiary/aromatic N) is 2. The minimum atomic E-state index is -0.866. The van der Waals surface area contributed by atoms with E-state index in [1.54, 1.807) is 6.08 Å². The van der Waals surface area contributed by atoms with Crippen molar-refractivity contribution in [2.45, 2.75) is 38.3 Å². The molecule has 0 bridgehead atoms. The highest BCUT2D eigenvalue weighted by molar-refractivity contribution is 6.30. The molecule has 2 N–H and O–H groups in total. The molecule has 4 atom stereocenters. The van der Waals surface area contributed by atoms with Gasteiger partial charge in [-0.2, -0.15) is 5.26 Å². The maximum absolute atomic E-state index is 14.2. The summed E-state index contributed by atoms with van der Waals surface area (Å²) in [7, 11) is 0. The predicted octanol–water partition coefficient (Wildman–Crippen LogP) is 3.93. The predicted molar refractivity (Wildman–Crippen MR) is 140 cm³/mol. The number of carbonyl (C=O) groups is 3. The fourth-order valence-corrected chi connectivity index (χ4v) is 4.84. The molecule has 9 heteroatoms. The first-order valence-corrected chi connectivity index (χ1v) is 12.5. The van der Waals surface area contributed by atoms with E-state index in [9.17, 15) is 24.0 Å². The SMILES string of the molecule is C=C/C=C(\C=C/C)C1CC(C(=O)NC(C#N)CC2CCNC2=O)N(C(=O)/C=C/c2ccc(Cl)cc2F)C1. The summed E-state index contributed by atoms with van der Waals surface area (Å²) in [5.41, 5.74) is 1.10. The van der Waals surface area contributed by atoms with Crippen molar-refractivity contribution < 1.29 is 18.8 Å². The maximum Gasteiger partial charge on any atom is 0.247 e. The molecule has 1 aromatic rings. The zero-order valence-corrected chi connectivity index (χ0v) is 21.4. The number of rotatable bonds is 9. The Morgan fingerprint density at radius 3 is 2.81 bits per heavy atom. The summed E-state index contributed by atoms with van der Waals surface area (Å²) in [6, 6.07) is 4.49. The van der Waals surface area contributed by atoms with Gasteiger partial charge in [-0.25, -0.2) is 4.39 Å². The van der Waals surface area contributed by atoms with Crippen molar-refractivity contribution >= 4 is 35.4 Å². The lowest BCUT2D eigenvalue weighted by Crippen LogP contribution is -2.48. The molecule has 2 aliphatic rings. The van der Waals surface area contributed by atoms with Gasteiger partial charge in [0.05, 0.1) is 6.07 Å². The Morgan fingerprint density at radius 1 is 1.41 bits per heavy atom. The monoisotopic (exact) mass is 524 g/mol. The summed E-state index contributed by atoms with van der Waals surface area (Å²) in [6.07, 6.45) is 11.0. The molecule has 3 rings (SSSR count). The molecule has 0 spiro atoms. The molecule has 0 aliphatic carbocycles. The number of nitrogens with one attached hydrogen (secondary N) is 2. The van der Waals surface area contributed by atoms with Crippen molar-refractivity contribution in [1.29, 1.82) is 5.26 Å². The molecule has 4 unspecified atom stereocenters. The first kappa shape index (κ1) is 27.9. The van der Waals surface area contributed by atoms with Gasteiger partial charge in [0.25, 0.3) is 0 Å². The molecule has 37 heavy (non-hydrogen) atoms. The van der Waals surface area contributed by atoms with Crippen LogP contribution in [0.2, 0.25) is 5.02 Å². The Morgan fingerprint density at radius 2 is 2.19 bits per heavy atom. The summed E-state index contributed by atoms with van der Waals surface area (Å²) in [5.74, 6) is -2.10. The van der Waals surface area contributed by atoms with Crippen molar-refractivity contribution in [3.05, 3.63) is 77.1 Å². The van der Waals surface area contributed by atoms with Gasteiger partial charge in [0.2, 0.25) is 17.7 Å². The zero-order valence-electron chi connectivity index (χ0n) is 20.6. The van der Waals surface area contributed by atoms with Crippen LogP contribution in [0.4, 0.5) is 4.39 Å². The Kier molecular flexibility index (Phi) is 9.81. The van der Waals surface area contributed by atoms with Crippen LogP contribution in [0.1, 0.15) is 31.7 Å². The van der Waals surface area contributed by atoms with Crippen LogP contribution in [-0.2, 0) is 14.4 Å². The Balaban J connectivity index is 1.81. The minimum absolute atomic E-state index is 0.127. The van der Waals surface area contributed by atoms with Crippen molar-refractivity contribution in [2.24, 2.45) is 11.8 Å². The fraction of sp³-hybridized carbons (Fsp3) is 0.357. The van der Waals surface area contributed by atoms with Crippen molar-refractivity contribution in [2.75, 3.05) is 13.1 Å². The van der Waals surface area contributed by atoms with Crippen LogP contribution < -0.4 is 10.6 Å². The van der Waals surface area contributed by atoms with E-state index in [2.05, 4.69) is 23.3 Å². The van der Waals surface area contributed by atoms with E-state index < -0.39 is 29.7 Å². The smallest absolute Gasteiger partial charge is 0.247 e. The lowest BCUT2D eigenvalue weighted by atomic mass is 9.94. The van der Waals surface area contributed by atoms with Gasteiger partial charge in [-0.1, -0.05) is 48.6 Å². The van der Waals surface area contributed by atoms with Crippen LogP contribution in [0.15, 0.2) is 60.7 Å². The molecular weight excluding hydrogens is 495 g/mol. The second kappa shape index (κ2) is 13.0. The number of hydrogen-bond acceptors (Lipinski definition) is 4. The second-order valence-electron chi connectivity index (χ2n) is 9.04. The molecule has 7 nitrogen and oxygen atoms in total. The number of likely N-dealkylation sites (tertiary alicyclic amines) is 1. The van der Waals surface area contributed by atoms with Crippen LogP contribution >= 0.6 is 11.6 Å². The third kappa shape index (κ3) is 7.17. The number of hydrogen-bond donors (Lipinski definition) is 2. The van der Waals surface area contributed by atoms with E-state index in [-0.39, 0.29) is 41.3 Å². The van der Waals surface area contributed by atoms with Gasteiger partial charge < -0.3 is 15.5 Å². The Hall–Kier alpha value is -3.70. The summed E-state index contributed by atoms with van der Waals surface area (Å²) in [4.78, 5) is 39.9. The summed E-state index contributed by atoms with van der Waals surface area (Å²) >= 11 is 5.80. The van der Waals surface area contributed by atoms with Gasteiger partial charge in [-0.3, -0.25) is 14.4 Å². The third-order valence-electron chi connectivity index (χ3n) is 6.55. The van der Waals surface area contributed by atoms with Gasteiger partial charge in [-0.15, -0.1) is 0 Å². The highest BCUT2D eigenvalue weighted by Gasteiger charge is 2.40. The number of nitriles is 1. The van der Waals surface area contributed by atoms with Gasteiger partial charge in [0, 0.05) is 41.6 Å². The molecule has 194 valence electrons. The molecule has 2 aliphatic heterocycles. The highest BCUT2D eigenvalue weighted by Crippen LogP contribution is 2.31. The average molecular weight is 525 g/mol. The molecule has 0 saturated carbocycles. The van der Waals surface area contributed by atoms with Crippen molar-refractivity contribution in [3.8, 4) is 6.07 Å². The van der Waals surface area contributed by atoms with E-state index >= 15 is 0 Å². The summed E-state index contributed by atoms with van der Waals surface area (Å²) in [5, 5.41) is 15.3. The van der Waals surface area contributed by atoms with Crippen LogP contribution in [-0.4, -0.2) is 47.8 Å². The van der Waals surface area contributed by atoms with Crippen LogP contribution in [0.5, 0.6) is 0 Å². The normalized spacial score (nSPS) is 22.8. The Labute approximate surface area is 221 Å². The van der Waals surface area contributed by atoms with Gasteiger partial charge in [0.15, 0.2) is 0 Å². The van der Waals surface area contributed by atoms with Crippen LogP contribution in [0, 0.1) is 29.0 Å². The highest BCUT2D eigenvalue weighted by atomic mass is 35.5. The lowest BCUT2D eigenvalue weighted by Gasteiger charge is -2.24. The largest absolute Gasteiger partial charge is 0.356 e. The molecule has 1 aromatic carbocycles. The molecule has 2 heterocycles. The summed E-state index contributed by atoms with van der Waals surface area (Å²) in [6.45, 7) is 6.43. The van der Waals surface area contributed by atoms with Gasteiger partial charge in [-0.05, 0) is 50.0 Å². The fourth-order valence-electron chi connectivity index (χ4n) is 4.69.